The number of unbranched alkanes of at least 4 members (excludes halogenated alkanes) is 9. The van der Waals surface area contributed by atoms with Crippen molar-refractivity contribution in [3.63, 3.8) is 0 Å². The molecule has 0 bridgehead atoms. The summed E-state index contributed by atoms with van der Waals surface area (Å²) in [5, 5.41) is 24.7. The van der Waals surface area contributed by atoms with Gasteiger partial charge in [0.15, 0.2) is 11.5 Å². The second kappa shape index (κ2) is 29.1. The zero-order chi connectivity index (χ0) is 54.4. The minimum absolute atomic E-state index is 0.0699. The van der Waals surface area contributed by atoms with Crippen molar-refractivity contribution in [1.29, 1.82) is 0 Å². The molecule has 14 nitrogen and oxygen atoms in total. The third-order valence-electron chi connectivity index (χ3n) is 13.9. The molecule has 0 fully saturated rings. The van der Waals surface area contributed by atoms with Gasteiger partial charge in [-0.3, -0.25) is 19.2 Å². The maximum absolute atomic E-state index is 12.7. The summed E-state index contributed by atoms with van der Waals surface area (Å²) in [6, 6.07) is 45.2. The van der Waals surface area contributed by atoms with Crippen molar-refractivity contribution in [3.05, 3.63) is 190 Å². The van der Waals surface area contributed by atoms with E-state index in [0.717, 1.165) is 52.6 Å². The highest BCUT2D eigenvalue weighted by molar-refractivity contribution is 6.31. The molecule has 0 aromatic heterocycles. The minimum atomic E-state index is -1.54. The van der Waals surface area contributed by atoms with E-state index in [9.17, 15) is 39.0 Å². The van der Waals surface area contributed by atoms with Crippen molar-refractivity contribution >= 4 is 35.6 Å². The van der Waals surface area contributed by atoms with Gasteiger partial charge < -0.3 is 40.1 Å². The van der Waals surface area contributed by atoms with Crippen molar-refractivity contribution in [3.8, 4) is 22.6 Å². The summed E-state index contributed by atoms with van der Waals surface area (Å²) in [6.07, 6.45) is 14.8. The molecule has 0 saturated heterocycles. The van der Waals surface area contributed by atoms with Crippen LogP contribution in [0.5, 0.6) is 11.5 Å². The Balaban J connectivity index is 0.000000225. The summed E-state index contributed by atoms with van der Waals surface area (Å²) < 4.78 is 10.7. The lowest BCUT2D eigenvalue weighted by Gasteiger charge is -2.28. The van der Waals surface area contributed by atoms with Crippen LogP contribution in [-0.2, 0) is 51.7 Å². The summed E-state index contributed by atoms with van der Waals surface area (Å²) in [5.74, 6) is -4.05. The molecule has 0 radical (unpaired) electrons. The van der Waals surface area contributed by atoms with Crippen LogP contribution in [0.4, 0.5) is 0 Å². The number of ether oxygens (including phenoxy) is 2. The molecule has 6 aromatic rings. The van der Waals surface area contributed by atoms with E-state index in [1.165, 1.54) is 61.2 Å². The molecule has 2 aliphatic rings. The second-order valence-electron chi connectivity index (χ2n) is 19.5. The standard InChI is InChI=1S/C32H28N2O6.C31H42N2O4/c35-30(33-17-16-22-6-11-26(12-7-22)25-4-2-1-3-5-25)27-13-8-23(9-14-27)19-34(31(36)32(37)38)20-24-10-15-28-29(18-24)40-21-39-28;1-2-3-4-5-6-7-8-9-10-13-22-32-29(34)26-18-16-24(17-19-26)23-33(30(35)31(36)37)28-21-20-25-14-11-12-15-27(25)28/h1-15,18H,16-17,19-21H2,(H,33,35)(H,37,38);11-12,14-19,28H,2-10,13,20-23H2,1H3,(H,32,34)(H,36,37). The first-order chi connectivity index (χ1) is 37.5. The number of carboxylic acid groups (broad SMARTS) is 2. The van der Waals surface area contributed by atoms with Crippen LogP contribution in [0, 0.1) is 0 Å². The van der Waals surface area contributed by atoms with Gasteiger partial charge in [0.25, 0.3) is 11.8 Å². The van der Waals surface area contributed by atoms with Gasteiger partial charge in [0.2, 0.25) is 6.79 Å². The Morgan fingerprint density at radius 3 is 1.68 bits per heavy atom. The number of aryl methyl sites for hydroxylation is 1. The first-order valence-corrected chi connectivity index (χ1v) is 26.9. The van der Waals surface area contributed by atoms with E-state index >= 15 is 0 Å². The van der Waals surface area contributed by atoms with Gasteiger partial charge in [-0.2, -0.15) is 0 Å². The minimum Gasteiger partial charge on any atom is -0.474 e. The molecule has 6 aromatic carbocycles. The number of carbonyl (C=O) groups is 6. The van der Waals surface area contributed by atoms with E-state index < -0.39 is 23.8 Å². The van der Waals surface area contributed by atoms with Gasteiger partial charge >= 0.3 is 23.8 Å². The fourth-order valence-electron chi connectivity index (χ4n) is 9.67. The molecule has 1 aliphatic carbocycles. The molecule has 0 spiro atoms. The van der Waals surface area contributed by atoms with Crippen molar-refractivity contribution in [2.24, 2.45) is 0 Å². The lowest BCUT2D eigenvalue weighted by Crippen LogP contribution is -2.38. The predicted octanol–water partition coefficient (Wildman–Crippen LogP) is 11.1. The summed E-state index contributed by atoms with van der Waals surface area (Å²) in [6.45, 7) is 3.85. The Kier molecular flexibility index (Phi) is 21.4. The Bertz CT molecular complexity index is 2910. The number of fused-ring (bicyclic) bond motifs is 2. The Hall–Kier alpha value is -8.26. The first kappa shape index (κ1) is 56.5. The van der Waals surface area contributed by atoms with Crippen molar-refractivity contribution in [1.82, 2.24) is 20.4 Å². The molecule has 402 valence electrons. The molecular formula is C63H70N4O10. The van der Waals surface area contributed by atoms with E-state index in [1.54, 1.807) is 66.7 Å². The number of carbonyl (C=O) groups excluding carboxylic acids is 4. The number of amides is 4. The topological polar surface area (TPSA) is 192 Å². The van der Waals surface area contributed by atoms with Crippen LogP contribution in [0.15, 0.2) is 146 Å². The van der Waals surface area contributed by atoms with Gasteiger partial charge in [-0.05, 0) is 107 Å². The first-order valence-electron chi connectivity index (χ1n) is 26.9. The SMILES string of the molecule is CCCCCCCCCCCCNC(=O)c1ccc(CN(C(=O)C(=O)O)C2CCc3ccccc32)cc1.O=C(O)C(=O)N(Cc1ccc(C(=O)NCCc2ccc(-c3ccccc3)cc2)cc1)Cc1ccc2c(c1)OCO2. The lowest BCUT2D eigenvalue weighted by molar-refractivity contribution is -0.157. The highest BCUT2D eigenvalue weighted by Gasteiger charge is 2.34. The van der Waals surface area contributed by atoms with E-state index in [0.29, 0.717) is 59.7 Å². The van der Waals surface area contributed by atoms with E-state index in [2.05, 4.69) is 54.0 Å². The summed E-state index contributed by atoms with van der Waals surface area (Å²) in [5.41, 5.74) is 8.86. The number of hydrogen-bond donors (Lipinski definition) is 4. The van der Waals surface area contributed by atoms with E-state index in [-0.39, 0.29) is 44.3 Å². The fraction of sp³-hybridized carbons (Fsp3) is 0.333. The molecule has 1 atom stereocenters. The Morgan fingerprint density at radius 1 is 0.519 bits per heavy atom. The van der Waals surface area contributed by atoms with Crippen LogP contribution in [0.1, 0.15) is 138 Å². The zero-order valence-electron chi connectivity index (χ0n) is 43.9. The molecule has 4 N–H and O–H groups in total. The normalized spacial score (nSPS) is 12.9. The smallest absolute Gasteiger partial charge is 0.394 e. The number of nitrogens with one attached hydrogen (secondary N) is 2. The van der Waals surface area contributed by atoms with Gasteiger partial charge in [-0.1, -0.05) is 174 Å². The molecule has 8 rings (SSSR count). The van der Waals surface area contributed by atoms with E-state index in [1.807, 2.05) is 42.5 Å². The highest BCUT2D eigenvalue weighted by Crippen LogP contribution is 2.37. The van der Waals surface area contributed by atoms with Gasteiger partial charge in [0, 0.05) is 43.9 Å². The van der Waals surface area contributed by atoms with Gasteiger partial charge in [-0.25, -0.2) is 9.59 Å². The number of nitrogens with zero attached hydrogens (tertiary/aromatic N) is 2. The van der Waals surface area contributed by atoms with Crippen molar-refractivity contribution in [2.45, 2.75) is 116 Å². The summed E-state index contributed by atoms with van der Waals surface area (Å²) in [7, 11) is 0. The van der Waals surface area contributed by atoms with Crippen molar-refractivity contribution in [2.75, 3.05) is 19.9 Å². The largest absolute Gasteiger partial charge is 0.474 e. The van der Waals surface area contributed by atoms with Crippen LogP contribution in [0.25, 0.3) is 11.1 Å². The van der Waals surface area contributed by atoms with Gasteiger partial charge in [0.1, 0.15) is 0 Å². The van der Waals surface area contributed by atoms with Crippen LogP contribution in [0.3, 0.4) is 0 Å². The van der Waals surface area contributed by atoms with E-state index in [4.69, 9.17) is 9.47 Å². The molecule has 1 heterocycles. The molecule has 1 aliphatic heterocycles. The molecule has 77 heavy (non-hydrogen) atoms. The van der Waals surface area contributed by atoms with Gasteiger partial charge in [0.05, 0.1) is 6.04 Å². The number of aliphatic carboxylic acids is 2. The molecule has 1 unspecified atom stereocenters. The van der Waals surface area contributed by atoms with Crippen LogP contribution in [0.2, 0.25) is 0 Å². The third-order valence-corrected chi connectivity index (χ3v) is 13.9. The number of benzene rings is 6. The highest BCUT2D eigenvalue weighted by atomic mass is 16.7. The van der Waals surface area contributed by atoms with Crippen LogP contribution >= 0.6 is 0 Å². The Labute approximate surface area is 451 Å². The number of rotatable bonds is 24. The lowest BCUT2D eigenvalue weighted by atomic mass is 10.0. The molecular weight excluding hydrogens is 973 g/mol. The quantitative estimate of drug-likeness (QED) is 0.0335. The van der Waals surface area contributed by atoms with Crippen molar-refractivity contribution < 1.29 is 48.5 Å². The third kappa shape index (κ3) is 16.9. The Morgan fingerprint density at radius 2 is 1.04 bits per heavy atom. The number of carboxylic acids is 2. The fourth-order valence-corrected chi connectivity index (χ4v) is 9.67. The average Bonchev–Trinajstić information content (AvgIpc) is 4.12. The number of hydrogen-bond acceptors (Lipinski definition) is 8. The molecule has 4 amide bonds. The maximum Gasteiger partial charge on any atom is 0.394 e. The summed E-state index contributed by atoms with van der Waals surface area (Å²) in [4.78, 5) is 75.8. The maximum atomic E-state index is 12.7. The second-order valence-corrected chi connectivity index (χ2v) is 19.5. The zero-order valence-corrected chi connectivity index (χ0v) is 43.9. The van der Waals surface area contributed by atoms with Crippen LogP contribution in [-0.4, -0.2) is 75.5 Å². The summed E-state index contributed by atoms with van der Waals surface area (Å²) >= 11 is 0. The molecule has 0 saturated carbocycles. The van der Waals surface area contributed by atoms with Gasteiger partial charge in [-0.15, -0.1) is 0 Å². The van der Waals surface area contributed by atoms with Crippen LogP contribution < -0.4 is 20.1 Å². The average molecular weight is 1040 g/mol. The monoisotopic (exact) mass is 1040 g/mol. The molecule has 14 heteroatoms. The predicted molar refractivity (Wildman–Crippen MR) is 295 cm³/mol.